The van der Waals surface area contributed by atoms with Crippen molar-refractivity contribution in [2.75, 3.05) is 0 Å². The summed E-state index contributed by atoms with van der Waals surface area (Å²) in [5.41, 5.74) is 0.974. The molecule has 0 bridgehead atoms. The van der Waals surface area contributed by atoms with Crippen molar-refractivity contribution in [3.05, 3.63) is 44.8 Å². The van der Waals surface area contributed by atoms with Gasteiger partial charge in [-0.05, 0) is 32.7 Å². The summed E-state index contributed by atoms with van der Waals surface area (Å²) in [4.78, 5) is 40.1. The van der Waals surface area contributed by atoms with E-state index < -0.39 is 0 Å². The molecular weight excluding hydrogens is 262 g/mol. The molecule has 0 N–H and O–H groups in total. The maximum absolute atomic E-state index is 12.3. The van der Waals surface area contributed by atoms with Gasteiger partial charge in [-0.15, -0.1) is 11.3 Å². The highest BCUT2D eigenvalue weighted by Crippen LogP contribution is 2.33. The molecule has 0 atom stereocenters. The Morgan fingerprint density at radius 3 is 2.63 bits per heavy atom. The molecule has 1 aliphatic carbocycles. The summed E-state index contributed by atoms with van der Waals surface area (Å²) in [5, 5.41) is 0. The van der Waals surface area contributed by atoms with Crippen LogP contribution in [0.5, 0.6) is 0 Å². The smallest absolute Gasteiger partial charge is 0.200 e. The molecule has 2 rings (SSSR count). The summed E-state index contributed by atoms with van der Waals surface area (Å²) in [7, 11) is 0. The number of hydrogen-bond donors (Lipinski definition) is 0. The Morgan fingerprint density at radius 2 is 2.05 bits per heavy atom. The summed E-state index contributed by atoms with van der Waals surface area (Å²) in [6.45, 7) is 6.30. The minimum absolute atomic E-state index is 0.150. The number of carbonyl (C=O) groups excluding carboxylic acids is 3. The van der Waals surface area contributed by atoms with Crippen LogP contribution >= 0.6 is 11.3 Å². The Kier molecular flexibility index (Phi) is 3.40. The number of nitrogens with zero attached hydrogens (tertiary/aromatic N) is 1. The van der Waals surface area contributed by atoms with Crippen molar-refractivity contribution in [3.8, 4) is 0 Å². The van der Waals surface area contributed by atoms with Crippen molar-refractivity contribution in [2.45, 2.75) is 13.8 Å². The minimum atomic E-state index is -0.254. The highest BCUT2D eigenvalue weighted by atomic mass is 32.1. The summed E-state index contributed by atoms with van der Waals surface area (Å²) >= 11 is 1.07. The van der Waals surface area contributed by atoms with Crippen LogP contribution < -0.4 is 0 Å². The van der Waals surface area contributed by atoms with E-state index in [1.807, 2.05) is 0 Å². The van der Waals surface area contributed by atoms with Gasteiger partial charge in [0.25, 0.3) is 0 Å². The van der Waals surface area contributed by atoms with Crippen LogP contribution in [0.2, 0.25) is 0 Å². The van der Waals surface area contributed by atoms with Gasteiger partial charge >= 0.3 is 0 Å². The molecule has 1 heterocycles. The van der Waals surface area contributed by atoms with Gasteiger partial charge in [0, 0.05) is 22.9 Å². The monoisotopic (exact) mass is 273 g/mol. The van der Waals surface area contributed by atoms with Crippen LogP contribution in [0, 0.1) is 0 Å². The molecule has 0 radical (unpaired) electrons. The Balaban J connectivity index is 2.60. The minimum Gasteiger partial charge on any atom is -0.294 e. The zero-order valence-electron chi connectivity index (χ0n) is 10.5. The van der Waals surface area contributed by atoms with Crippen molar-refractivity contribution in [1.29, 1.82) is 0 Å². The first-order valence-corrected chi connectivity index (χ1v) is 6.36. The van der Waals surface area contributed by atoms with Gasteiger partial charge in [-0.25, -0.2) is 0 Å². The lowest BCUT2D eigenvalue weighted by Gasteiger charge is -2.12. The molecule has 1 aliphatic rings. The number of fused-ring (bicyclic) bond motifs is 1. The molecule has 0 unspecified atom stereocenters. The van der Waals surface area contributed by atoms with Crippen LogP contribution in [0.4, 0.5) is 0 Å². The molecular formula is C14H11NO3S. The maximum atomic E-state index is 12.3. The largest absolute Gasteiger partial charge is 0.294 e. The van der Waals surface area contributed by atoms with Crippen molar-refractivity contribution in [1.82, 2.24) is 0 Å². The highest BCUT2D eigenvalue weighted by Gasteiger charge is 2.31. The van der Waals surface area contributed by atoms with E-state index in [1.165, 1.54) is 25.3 Å². The van der Waals surface area contributed by atoms with E-state index in [1.54, 1.807) is 6.92 Å². The van der Waals surface area contributed by atoms with Crippen LogP contribution in [-0.4, -0.2) is 24.1 Å². The lowest BCUT2D eigenvalue weighted by Crippen LogP contribution is -2.17. The Bertz CT molecular complexity index is 677. The number of carbonyl (C=O) groups is 3. The fourth-order valence-corrected chi connectivity index (χ4v) is 2.89. The first kappa shape index (κ1) is 13.3. The molecule has 1 aromatic rings. The molecule has 0 aliphatic heterocycles. The number of rotatable bonds is 3. The molecule has 4 nitrogen and oxygen atoms in total. The number of Topliss-reactive ketones (excluding diaryl/α,β-unsaturated/α-hetero) is 3. The first-order valence-electron chi connectivity index (χ1n) is 5.54. The molecule has 0 amide bonds. The quantitative estimate of drug-likeness (QED) is 0.628. The van der Waals surface area contributed by atoms with E-state index in [2.05, 4.69) is 11.7 Å². The second-order valence-corrected chi connectivity index (χ2v) is 5.16. The van der Waals surface area contributed by atoms with E-state index in [4.69, 9.17) is 0 Å². The van der Waals surface area contributed by atoms with Crippen molar-refractivity contribution in [2.24, 2.45) is 4.99 Å². The van der Waals surface area contributed by atoms with Crippen LogP contribution in [0.3, 0.4) is 0 Å². The van der Waals surface area contributed by atoms with Crippen molar-refractivity contribution >= 4 is 35.4 Å². The van der Waals surface area contributed by atoms with Crippen molar-refractivity contribution < 1.29 is 14.4 Å². The van der Waals surface area contributed by atoms with Gasteiger partial charge < -0.3 is 0 Å². The SMILES string of the molecule is C=N/C=C\C1=C(C)C(=O)c2sc(C(C)=O)cc2C1=O. The highest BCUT2D eigenvalue weighted by molar-refractivity contribution is 7.16. The molecule has 0 saturated carbocycles. The summed E-state index contributed by atoms with van der Waals surface area (Å²) < 4.78 is 0. The molecule has 0 fully saturated rings. The summed E-state index contributed by atoms with van der Waals surface area (Å²) in [6.07, 6.45) is 2.84. The fraction of sp³-hybridized carbons (Fsp3) is 0.143. The number of aliphatic imine (C=N–C) groups is 1. The van der Waals surface area contributed by atoms with E-state index in [0.717, 1.165) is 11.3 Å². The van der Waals surface area contributed by atoms with Crippen LogP contribution in [-0.2, 0) is 0 Å². The normalized spacial score (nSPS) is 15.1. The third-order valence-corrected chi connectivity index (χ3v) is 4.10. The van der Waals surface area contributed by atoms with Crippen molar-refractivity contribution in [3.63, 3.8) is 0 Å². The Morgan fingerprint density at radius 1 is 1.37 bits per heavy atom. The van der Waals surface area contributed by atoms with Gasteiger partial charge in [0.2, 0.25) is 0 Å². The second-order valence-electron chi connectivity index (χ2n) is 4.10. The molecule has 0 aromatic carbocycles. The number of hydrogen-bond acceptors (Lipinski definition) is 5. The molecule has 19 heavy (non-hydrogen) atoms. The Labute approximate surface area is 114 Å². The van der Waals surface area contributed by atoms with Gasteiger partial charge in [0.15, 0.2) is 17.3 Å². The zero-order chi connectivity index (χ0) is 14.2. The van der Waals surface area contributed by atoms with E-state index in [-0.39, 0.29) is 17.3 Å². The predicted octanol–water partition coefficient (Wildman–Crippen LogP) is 2.86. The van der Waals surface area contributed by atoms with E-state index in [9.17, 15) is 14.4 Å². The average molecular weight is 273 g/mol. The molecule has 0 spiro atoms. The zero-order valence-corrected chi connectivity index (χ0v) is 11.3. The summed E-state index contributed by atoms with van der Waals surface area (Å²) in [5.74, 6) is -0.617. The van der Waals surface area contributed by atoms with Gasteiger partial charge in [-0.3, -0.25) is 19.4 Å². The van der Waals surface area contributed by atoms with Gasteiger partial charge in [0.05, 0.1) is 9.75 Å². The third kappa shape index (κ3) is 2.13. The van der Waals surface area contributed by atoms with Crippen LogP contribution in [0.1, 0.15) is 43.5 Å². The average Bonchev–Trinajstić information content (AvgIpc) is 2.82. The number of thiophene rings is 1. The molecule has 1 aromatic heterocycles. The van der Waals surface area contributed by atoms with Gasteiger partial charge in [-0.1, -0.05) is 0 Å². The first-order chi connectivity index (χ1) is 8.97. The molecule has 96 valence electrons. The Hall–Kier alpha value is -2.14. The fourth-order valence-electron chi connectivity index (χ4n) is 1.84. The maximum Gasteiger partial charge on any atom is 0.200 e. The third-order valence-electron chi connectivity index (χ3n) is 2.87. The van der Waals surface area contributed by atoms with Gasteiger partial charge in [-0.2, -0.15) is 0 Å². The van der Waals surface area contributed by atoms with Crippen LogP contribution in [0.15, 0.2) is 34.5 Å². The summed E-state index contributed by atoms with van der Waals surface area (Å²) in [6, 6.07) is 1.49. The molecule has 0 saturated heterocycles. The topological polar surface area (TPSA) is 63.6 Å². The standard InChI is InChI=1S/C14H11NO3S/c1-7-9(4-5-15-3)13(18)10-6-11(8(2)16)19-14(10)12(7)17/h4-6H,3H2,1-2H3/b5-4-. The lowest BCUT2D eigenvalue weighted by molar-refractivity contribution is 0.0981. The van der Waals surface area contributed by atoms with Gasteiger partial charge in [0.1, 0.15) is 0 Å². The van der Waals surface area contributed by atoms with E-state index >= 15 is 0 Å². The second kappa shape index (κ2) is 4.85. The lowest BCUT2D eigenvalue weighted by atomic mass is 9.89. The molecule has 5 heteroatoms. The number of ketones is 3. The number of allylic oxidation sites excluding steroid dienone is 3. The van der Waals surface area contributed by atoms with E-state index in [0.29, 0.717) is 26.5 Å². The van der Waals surface area contributed by atoms with Crippen LogP contribution in [0.25, 0.3) is 0 Å². The predicted molar refractivity (Wildman–Crippen MR) is 74.4 cm³/mol.